The second-order valence-corrected chi connectivity index (χ2v) is 7.03. The van der Waals surface area contributed by atoms with Crippen LogP contribution in [0.5, 0.6) is 0 Å². The zero-order chi connectivity index (χ0) is 20.9. The highest BCUT2D eigenvalue weighted by atomic mass is 16.2. The first-order valence-electron chi connectivity index (χ1n) is 9.66. The van der Waals surface area contributed by atoms with Gasteiger partial charge in [-0.2, -0.15) is 5.10 Å². The Labute approximate surface area is 175 Å². The SMILES string of the molecule is CN(Cc1cnn(-c2ccccc2)c1)C(=O)c1ccccc1C(=O)c1ccccc1. The fourth-order valence-electron chi connectivity index (χ4n) is 3.33. The molecule has 0 atom stereocenters. The molecule has 4 rings (SSSR count). The molecule has 0 aliphatic carbocycles. The monoisotopic (exact) mass is 395 g/mol. The Bertz CT molecular complexity index is 1170. The Morgan fingerprint density at radius 1 is 0.833 bits per heavy atom. The highest BCUT2D eigenvalue weighted by molar-refractivity contribution is 6.15. The number of aromatic nitrogens is 2. The van der Waals surface area contributed by atoms with Crippen molar-refractivity contribution in [3.63, 3.8) is 0 Å². The van der Waals surface area contributed by atoms with Gasteiger partial charge in [-0.15, -0.1) is 0 Å². The van der Waals surface area contributed by atoms with Gasteiger partial charge in [0.05, 0.1) is 17.4 Å². The van der Waals surface area contributed by atoms with Gasteiger partial charge in [-0.1, -0.05) is 66.7 Å². The van der Waals surface area contributed by atoms with Gasteiger partial charge in [0.2, 0.25) is 0 Å². The summed E-state index contributed by atoms with van der Waals surface area (Å²) < 4.78 is 1.78. The van der Waals surface area contributed by atoms with Crippen molar-refractivity contribution >= 4 is 11.7 Å². The summed E-state index contributed by atoms with van der Waals surface area (Å²) in [6.45, 7) is 0.388. The molecule has 0 aliphatic rings. The van der Waals surface area contributed by atoms with E-state index in [1.54, 1.807) is 59.2 Å². The summed E-state index contributed by atoms with van der Waals surface area (Å²) in [6, 6.07) is 25.7. The zero-order valence-corrected chi connectivity index (χ0v) is 16.6. The molecule has 0 unspecified atom stereocenters. The molecule has 0 aliphatic heterocycles. The van der Waals surface area contributed by atoms with E-state index in [0.29, 0.717) is 23.2 Å². The van der Waals surface area contributed by atoms with Crippen molar-refractivity contribution in [2.45, 2.75) is 6.54 Å². The van der Waals surface area contributed by atoms with Gasteiger partial charge in [-0.25, -0.2) is 4.68 Å². The van der Waals surface area contributed by atoms with Gasteiger partial charge in [-0.05, 0) is 18.2 Å². The van der Waals surface area contributed by atoms with Gasteiger partial charge < -0.3 is 4.90 Å². The fraction of sp³-hybridized carbons (Fsp3) is 0.0800. The number of para-hydroxylation sites is 1. The van der Waals surface area contributed by atoms with E-state index in [2.05, 4.69) is 5.10 Å². The molecule has 148 valence electrons. The topological polar surface area (TPSA) is 55.2 Å². The van der Waals surface area contributed by atoms with Crippen LogP contribution >= 0.6 is 0 Å². The van der Waals surface area contributed by atoms with Crippen LogP contribution < -0.4 is 0 Å². The lowest BCUT2D eigenvalue weighted by molar-refractivity contribution is 0.0780. The van der Waals surface area contributed by atoms with Crippen molar-refractivity contribution in [1.82, 2.24) is 14.7 Å². The average molecular weight is 395 g/mol. The lowest BCUT2D eigenvalue weighted by Gasteiger charge is -2.18. The van der Waals surface area contributed by atoms with E-state index < -0.39 is 0 Å². The maximum atomic E-state index is 13.1. The molecule has 0 saturated carbocycles. The van der Waals surface area contributed by atoms with Gasteiger partial charge in [0.1, 0.15) is 0 Å². The number of amides is 1. The normalized spacial score (nSPS) is 10.6. The van der Waals surface area contributed by atoms with Gasteiger partial charge in [0, 0.05) is 36.5 Å². The predicted molar refractivity (Wildman–Crippen MR) is 116 cm³/mol. The molecule has 0 spiro atoms. The summed E-state index contributed by atoms with van der Waals surface area (Å²) in [5, 5.41) is 4.38. The van der Waals surface area contributed by atoms with Crippen molar-refractivity contribution in [3.05, 3.63) is 120 Å². The standard InChI is InChI=1S/C25H21N3O2/c1-27(17-19-16-26-28(18-19)21-12-6-3-7-13-21)25(30)23-15-9-8-14-22(23)24(29)20-10-4-2-5-11-20/h2-16,18H,17H2,1H3. The number of carbonyl (C=O) groups excluding carboxylic acids is 2. The molecule has 4 aromatic rings. The van der Waals surface area contributed by atoms with Crippen LogP contribution in [0, 0.1) is 0 Å². The van der Waals surface area contributed by atoms with Crippen molar-refractivity contribution in [2.24, 2.45) is 0 Å². The Morgan fingerprint density at radius 3 is 2.13 bits per heavy atom. The third kappa shape index (κ3) is 4.05. The first kappa shape index (κ1) is 19.3. The highest BCUT2D eigenvalue weighted by Crippen LogP contribution is 2.18. The van der Waals surface area contributed by atoms with Gasteiger partial charge in [0.15, 0.2) is 5.78 Å². The molecule has 5 heteroatoms. The second kappa shape index (κ2) is 8.57. The minimum atomic E-state index is -0.206. The predicted octanol–water partition coefficient (Wildman–Crippen LogP) is 4.38. The number of nitrogens with zero attached hydrogens (tertiary/aromatic N) is 3. The quantitative estimate of drug-likeness (QED) is 0.456. The Morgan fingerprint density at radius 2 is 1.43 bits per heavy atom. The van der Waals surface area contributed by atoms with E-state index in [1.165, 1.54) is 0 Å². The number of hydrogen-bond acceptors (Lipinski definition) is 3. The lowest BCUT2D eigenvalue weighted by Crippen LogP contribution is -2.27. The lowest BCUT2D eigenvalue weighted by atomic mass is 9.97. The van der Waals surface area contributed by atoms with E-state index in [4.69, 9.17) is 0 Å². The van der Waals surface area contributed by atoms with Crippen LogP contribution in [0.25, 0.3) is 5.69 Å². The van der Waals surface area contributed by atoms with Crippen molar-refractivity contribution < 1.29 is 9.59 Å². The van der Waals surface area contributed by atoms with E-state index in [9.17, 15) is 9.59 Å². The maximum absolute atomic E-state index is 13.1. The van der Waals surface area contributed by atoms with Crippen LogP contribution in [0.2, 0.25) is 0 Å². The summed E-state index contributed by atoms with van der Waals surface area (Å²) in [4.78, 5) is 27.7. The molecule has 1 heterocycles. The van der Waals surface area contributed by atoms with E-state index >= 15 is 0 Å². The van der Waals surface area contributed by atoms with Gasteiger partial charge in [0.25, 0.3) is 5.91 Å². The smallest absolute Gasteiger partial charge is 0.254 e. The molecule has 1 aromatic heterocycles. The Kier molecular flexibility index (Phi) is 5.52. The average Bonchev–Trinajstić information content (AvgIpc) is 3.27. The van der Waals surface area contributed by atoms with Crippen molar-refractivity contribution in [3.8, 4) is 5.69 Å². The fourth-order valence-corrected chi connectivity index (χ4v) is 3.33. The van der Waals surface area contributed by atoms with Crippen LogP contribution in [0.15, 0.2) is 97.3 Å². The third-order valence-corrected chi connectivity index (χ3v) is 4.86. The first-order chi connectivity index (χ1) is 14.6. The zero-order valence-electron chi connectivity index (χ0n) is 16.6. The molecule has 0 bridgehead atoms. The Balaban J connectivity index is 1.54. The molecule has 1 amide bonds. The highest BCUT2D eigenvalue weighted by Gasteiger charge is 2.21. The van der Waals surface area contributed by atoms with Crippen LogP contribution in [0.1, 0.15) is 31.8 Å². The van der Waals surface area contributed by atoms with Crippen LogP contribution in [-0.2, 0) is 6.54 Å². The molecular weight excluding hydrogens is 374 g/mol. The minimum Gasteiger partial charge on any atom is -0.337 e. The van der Waals surface area contributed by atoms with Crippen molar-refractivity contribution in [1.29, 1.82) is 0 Å². The summed E-state index contributed by atoms with van der Waals surface area (Å²) >= 11 is 0. The van der Waals surface area contributed by atoms with Crippen LogP contribution in [0.4, 0.5) is 0 Å². The van der Waals surface area contributed by atoms with E-state index in [1.807, 2.05) is 54.7 Å². The molecule has 5 nitrogen and oxygen atoms in total. The number of benzene rings is 3. The molecule has 0 fully saturated rings. The molecule has 0 radical (unpaired) electrons. The van der Waals surface area contributed by atoms with E-state index in [-0.39, 0.29) is 11.7 Å². The third-order valence-electron chi connectivity index (χ3n) is 4.86. The summed E-state index contributed by atoms with van der Waals surface area (Å²) in [5.41, 5.74) is 3.22. The second-order valence-electron chi connectivity index (χ2n) is 7.03. The summed E-state index contributed by atoms with van der Waals surface area (Å²) in [7, 11) is 1.73. The maximum Gasteiger partial charge on any atom is 0.254 e. The van der Waals surface area contributed by atoms with Crippen LogP contribution in [0.3, 0.4) is 0 Å². The summed E-state index contributed by atoms with van der Waals surface area (Å²) in [6.07, 6.45) is 3.65. The van der Waals surface area contributed by atoms with E-state index in [0.717, 1.165) is 11.3 Å². The van der Waals surface area contributed by atoms with Crippen LogP contribution in [-0.4, -0.2) is 33.4 Å². The molecule has 30 heavy (non-hydrogen) atoms. The molecular formula is C25H21N3O2. The first-order valence-corrected chi connectivity index (χ1v) is 9.66. The molecule has 0 N–H and O–H groups in total. The molecule has 3 aromatic carbocycles. The van der Waals surface area contributed by atoms with Crippen molar-refractivity contribution in [2.75, 3.05) is 7.05 Å². The minimum absolute atomic E-state index is 0.162. The Hall–Kier alpha value is -3.99. The van der Waals surface area contributed by atoms with Gasteiger partial charge in [-0.3, -0.25) is 9.59 Å². The largest absolute Gasteiger partial charge is 0.337 e. The number of hydrogen-bond donors (Lipinski definition) is 0. The number of ketones is 1. The molecule has 0 saturated heterocycles. The summed E-state index contributed by atoms with van der Waals surface area (Å²) in [5.74, 6) is -0.368. The van der Waals surface area contributed by atoms with Gasteiger partial charge >= 0.3 is 0 Å². The number of carbonyl (C=O) groups is 2. The number of rotatable bonds is 6.